The number of hydrogen-bond acceptors (Lipinski definition) is 6. The molecule has 2 unspecified atom stereocenters. The highest BCUT2D eigenvalue weighted by Gasteiger charge is 2.63. The van der Waals surface area contributed by atoms with Crippen LogP contribution < -0.4 is 0 Å². The molecule has 4 saturated heterocycles. The van der Waals surface area contributed by atoms with Gasteiger partial charge in [0.25, 0.3) is 0 Å². The number of rotatable bonds is 4. The minimum atomic E-state index is -0.620. The Kier molecular flexibility index (Phi) is 4.90. The van der Waals surface area contributed by atoms with Gasteiger partial charge in [0.15, 0.2) is 12.1 Å². The second-order valence-electron chi connectivity index (χ2n) is 9.58. The molecule has 6 nitrogen and oxygen atoms in total. The van der Waals surface area contributed by atoms with E-state index in [4.69, 9.17) is 19.0 Å². The first kappa shape index (κ1) is 19.9. The van der Waals surface area contributed by atoms with E-state index in [1.807, 2.05) is 19.9 Å². The number of likely N-dealkylation sites (tertiary alicyclic amines) is 1. The Labute approximate surface area is 183 Å². The summed E-state index contributed by atoms with van der Waals surface area (Å²) in [6, 6.07) is 21.5. The van der Waals surface area contributed by atoms with E-state index < -0.39 is 5.79 Å². The van der Waals surface area contributed by atoms with E-state index in [0.29, 0.717) is 5.92 Å². The Morgan fingerprint density at radius 2 is 1.52 bits per heavy atom. The van der Waals surface area contributed by atoms with Gasteiger partial charge in [-0.3, -0.25) is 9.74 Å². The van der Waals surface area contributed by atoms with Crippen LogP contribution in [-0.4, -0.2) is 59.5 Å². The van der Waals surface area contributed by atoms with Crippen LogP contribution in [0.5, 0.6) is 0 Å². The van der Waals surface area contributed by atoms with Gasteiger partial charge >= 0.3 is 0 Å². The third-order valence-electron chi connectivity index (χ3n) is 6.96. The van der Waals surface area contributed by atoms with Crippen LogP contribution >= 0.6 is 0 Å². The largest absolute Gasteiger partial charge is 0.343 e. The number of ether oxygens (including phenoxy) is 3. The molecule has 2 aromatic rings. The molecule has 6 atom stereocenters. The zero-order valence-electron chi connectivity index (χ0n) is 18.1. The average molecular weight is 423 g/mol. The second kappa shape index (κ2) is 7.66. The monoisotopic (exact) mass is 422 g/mol. The third kappa shape index (κ3) is 3.61. The molecule has 0 aliphatic carbocycles. The molecule has 0 amide bonds. The molecule has 4 aliphatic rings. The van der Waals surface area contributed by atoms with Crippen molar-refractivity contribution >= 4 is 0 Å². The molecule has 2 aromatic carbocycles. The van der Waals surface area contributed by atoms with Crippen LogP contribution in [0.2, 0.25) is 0 Å². The highest BCUT2D eigenvalue weighted by atomic mass is 16.8. The maximum Gasteiger partial charge on any atom is 0.189 e. The molecule has 31 heavy (non-hydrogen) atoms. The van der Waals surface area contributed by atoms with Gasteiger partial charge in [0.1, 0.15) is 6.10 Å². The Morgan fingerprint density at radius 1 is 0.839 bits per heavy atom. The highest BCUT2D eigenvalue weighted by molar-refractivity contribution is 5.18. The Balaban J connectivity index is 1.29. The zero-order chi connectivity index (χ0) is 21.0. The van der Waals surface area contributed by atoms with Crippen molar-refractivity contribution < 1.29 is 19.0 Å². The van der Waals surface area contributed by atoms with E-state index in [2.05, 4.69) is 64.6 Å². The van der Waals surface area contributed by atoms with Crippen LogP contribution in [0.3, 0.4) is 0 Å². The first-order valence-corrected chi connectivity index (χ1v) is 11.3. The van der Waals surface area contributed by atoms with E-state index in [0.717, 1.165) is 26.2 Å². The summed E-state index contributed by atoms with van der Waals surface area (Å²) in [7, 11) is 0. The summed E-state index contributed by atoms with van der Waals surface area (Å²) >= 11 is 0. The lowest BCUT2D eigenvalue weighted by Gasteiger charge is -2.45. The lowest BCUT2D eigenvalue weighted by Crippen LogP contribution is -2.62. The van der Waals surface area contributed by atoms with Crippen molar-refractivity contribution in [1.29, 1.82) is 0 Å². The summed E-state index contributed by atoms with van der Waals surface area (Å²) in [5.74, 6) is -0.230. The van der Waals surface area contributed by atoms with Gasteiger partial charge in [0, 0.05) is 25.6 Å². The maximum absolute atomic E-state index is 6.56. The van der Waals surface area contributed by atoms with Crippen molar-refractivity contribution in [3.8, 4) is 0 Å². The topological polar surface area (TPSA) is 43.4 Å². The standard InChI is InChI=1S/C25H30N2O4/c1-25(2)30-23-21-22(29-24(23)31-25)20-19(15-26(21)13-17-9-5-3-6-10-17)16-28-27(20)14-18-11-7-4-8-12-18/h3-12,19-24H,13-16H2,1-2H3/t19?,20?,21-,22-,23+,24+/m0/s1. The van der Waals surface area contributed by atoms with Crippen LogP contribution in [-0.2, 0) is 32.1 Å². The molecule has 4 fully saturated rings. The minimum Gasteiger partial charge on any atom is -0.343 e. The Hall–Kier alpha value is -1.80. The predicted molar refractivity (Wildman–Crippen MR) is 115 cm³/mol. The summed E-state index contributed by atoms with van der Waals surface area (Å²) < 4.78 is 19.1. The van der Waals surface area contributed by atoms with E-state index >= 15 is 0 Å². The quantitative estimate of drug-likeness (QED) is 0.754. The molecular formula is C25H30N2O4. The minimum absolute atomic E-state index is 0.0141. The predicted octanol–water partition coefficient (Wildman–Crippen LogP) is 3.18. The van der Waals surface area contributed by atoms with Crippen LogP contribution in [0, 0.1) is 5.92 Å². The average Bonchev–Trinajstić information content (AvgIpc) is 3.39. The van der Waals surface area contributed by atoms with Gasteiger partial charge in [-0.2, -0.15) is 5.06 Å². The summed E-state index contributed by atoms with van der Waals surface area (Å²) in [6.07, 6.45) is -0.440. The van der Waals surface area contributed by atoms with Crippen LogP contribution in [0.1, 0.15) is 25.0 Å². The fraction of sp³-hybridized carbons (Fsp3) is 0.520. The van der Waals surface area contributed by atoms with E-state index in [1.165, 1.54) is 11.1 Å². The van der Waals surface area contributed by atoms with Gasteiger partial charge < -0.3 is 14.2 Å². The van der Waals surface area contributed by atoms with Crippen LogP contribution in [0.4, 0.5) is 0 Å². The van der Waals surface area contributed by atoms with Crippen molar-refractivity contribution in [2.24, 2.45) is 5.92 Å². The summed E-state index contributed by atoms with van der Waals surface area (Å²) in [5, 5.41) is 2.14. The number of piperidine rings is 1. The van der Waals surface area contributed by atoms with Gasteiger partial charge in [0.2, 0.25) is 0 Å². The molecule has 6 heteroatoms. The molecule has 0 saturated carbocycles. The summed E-state index contributed by atoms with van der Waals surface area (Å²) in [4.78, 5) is 8.75. The van der Waals surface area contributed by atoms with E-state index in [-0.39, 0.29) is 30.6 Å². The van der Waals surface area contributed by atoms with Gasteiger partial charge in [-0.05, 0) is 25.0 Å². The lowest BCUT2D eigenvalue weighted by molar-refractivity contribution is -0.236. The highest BCUT2D eigenvalue weighted by Crippen LogP contribution is 2.46. The molecule has 0 bridgehead atoms. The maximum atomic E-state index is 6.56. The van der Waals surface area contributed by atoms with Crippen molar-refractivity contribution in [2.45, 2.75) is 63.3 Å². The molecule has 0 N–H and O–H groups in total. The smallest absolute Gasteiger partial charge is 0.189 e. The molecular weight excluding hydrogens is 392 g/mol. The van der Waals surface area contributed by atoms with Crippen molar-refractivity contribution in [3.63, 3.8) is 0 Å². The van der Waals surface area contributed by atoms with E-state index in [1.54, 1.807) is 0 Å². The normalized spacial score (nSPS) is 36.8. The third-order valence-corrected chi connectivity index (χ3v) is 6.96. The van der Waals surface area contributed by atoms with Crippen molar-refractivity contribution in [1.82, 2.24) is 9.96 Å². The molecule has 6 rings (SSSR count). The summed E-state index contributed by atoms with van der Waals surface area (Å²) in [5.41, 5.74) is 2.56. The number of fused-ring (bicyclic) bond motifs is 5. The number of hydrogen-bond donors (Lipinski definition) is 0. The number of benzene rings is 2. The number of hydroxylamine groups is 2. The van der Waals surface area contributed by atoms with Crippen LogP contribution in [0.25, 0.3) is 0 Å². The molecule has 4 heterocycles. The number of nitrogens with zero attached hydrogens (tertiary/aromatic N) is 2. The van der Waals surface area contributed by atoms with Gasteiger partial charge in [0.05, 0.1) is 24.8 Å². The SMILES string of the molecule is CC1(C)O[C@H]2O[C@H]3C4C(CON4Cc4ccccc4)CN(Cc4ccccc4)[C@@H]3[C@H]2O1. The Morgan fingerprint density at radius 3 is 2.23 bits per heavy atom. The molecule has 0 aromatic heterocycles. The van der Waals surface area contributed by atoms with Gasteiger partial charge in [-0.15, -0.1) is 0 Å². The Bertz CT molecular complexity index is 908. The first-order valence-electron chi connectivity index (χ1n) is 11.3. The van der Waals surface area contributed by atoms with Crippen molar-refractivity contribution in [2.75, 3.05) is 13.2 Å². The zero-order valence-corrected chi connectivity index (χ0v) is 18.1. The first-order chi connectivity index (χ1) is 15.1. The van der Waals surface area contributed by atoms with Crippen molar-refractivity contribution in [3.05, 3.63) is 71.8 Å². The lowest BCUT2D eigenvalue weighted by atomic mass is 9.84. The fourth-order valence-electron chi connectivity index (χ4n) is 5.74. The fourth-order valence-corrected chi connectivity index (χ4v) is 5.74. The molecule has 0 radical (unpaired) electrons. The molecule has 4 aliphatic heterocycles. The second-order valence-corrected chi connectivity index (χ2v) is 9.58. The molecule has 164 valence electrons. The van der Waals surface area contributed by atoms with Gasteiger partial charge in [-0.25, -0.2) is 0 Å². The summed E-state index contributed by atoms with van der Waals surface area (Å²) in [6.45, 7) is 7.25. The van der Waals surface area contributed by atoms with Crippen LogP contribution in [0.15, 0.2) is 60.7 Å². The van der Waals surface area contributed by atoms with E-state index in [9.17, 15) is 0 Å². The van der Waals surface area contributed by atoms with Gasteiger partial charge in [-0.1, -0.05) is 60.7 Å². The molecule has 0 spiro atoms.